The highest BCUT2D eigenvalue weighted by molar-refractivity contribution is 7.91. The summed E-state index contributed by atoms with van der Waals surface area (Å²) in [6.07, 6.45) is 1.76. The second-order valence-corrected chi connectivity index (χ2v) is 8.59. The van der Waals surface area contributed by atoms with E-state index in [2.05, 4.69) is 50.4 Å². The molecule has 4 heteroatoms. The third-order valence-corrected chi connectivity index (χ3v) is 5.49. The lowest BCUT2D eigenvalue weighted by Gasteiger charge is -2.19. The van der Waals surface area contributed by atoms with Crippen LogP contribution in [-0.4, -0.2) is 26.0 Å². The van der Waals surface area contributed by atoms with Gasteiger partial charge in [0.1, 0.15) is 0 Å². The highest BCUT2D eigenvalue weighted by atomic mass is 32.2. The number of benzene rings is 1. The van der Waals surface area contributed by atoms with E-state index in [9.17, 15) is 8.42 Å². The van der Waals surface area contributed by atoms with Crippen molar-refractivity contribution < 1.29 is 8.42 Å². The minimum atomic E-state index is -2.94. The molecule has 1 fully saturated rings. The van der Waals surface area contributed by atoms with E-state index in [-0.39, 0.29) is 17.8 Å². The van der Waals surface area contributed by atoms with Gasteiger partial charge in [-0.2, -0.15) is 0 Å². The molecule has 0 radical (unpaired) electrons. The summed E-state index contributed by atoms with van der Waals surface area (Å²) in [6.45, 7) is 6.46. The Morgan fingerprint density at radius 1 is 1.25 bits per heavy atom. The summed E-state index contributed by atoms with van der Waals surface area (Å²) in [5.74, 6) is 1.14. The zero-order valence-electron chi connectivity index (χ0n) is 12.6. The summed E-state index contributed by atoms with van der Waals surface area (Å²) in [7, 11) is -2.94. The van der Waals surface area contributed by atoms with Gasteiger partial charge in [-0.05, 0) is 36.8 Å². The fraction of sp³-hybridized carbons (Fsp3) is 0.625. The number of nitrogens with one attached hydrogen (secondary N) is 1. The first-order valence-electron chi connectivity index (χ1n) is 7.41. The van der Waals surface area contributed by atoms with Gasteiger partial charge in [0.25, 0.3) is 0 Å². The van der Waals surface area contributed by atoms with Crippen molar-refractivity contribution >= 4 is 9.84 Å². The lowest BCUT2D eigenvalue weighted by atomic mass is 9.99. The van der Waals surface area contributed by atoms with Crippen molar-refractivity contribution in [3.05, 3.63) is 35.4 Å². The maximum atomic E-state index is 12.0. The molecule has 2 unspecified atom stereocenters. The minimum absolute atomic E-state index is 0.0781. The molecule has 2 rings (SSSR count). The zero-order valence-corrected chi connectivity index (χ0v) is 13.4. The first-order chi connectivity index (χ1) is 9.35. The van der Waals surface area contributed by atoms with Crippen LogP contribution >= 0.6 is 0 Å². The largest absolute Gasteiger partial charge is 0.307 e. The predicted molar refractivity (Wildman–Crippen MR) is 83.6 cm³/mol. The zero-order chi connectivity index (χ0) is 14.8. The van der Waals surface area contributed by atoms with Crippen molar-refractivity contribution in [3.63, 3.8) is 0 Å². The van der Waals surface area contributed by atoms with Crippen LogP contribution in [0, 0.1) is 5.92 Å². The van der Waals surface area contributed by atoms with Gasteiger partial charge in [-0.1, -0.05) is 38.1 Å². The summed E-state index contributed by atoms with van der Waals surface area (Å²) >= 11 is 0. The molecule has 0 aromatic heterocycles. The first-order valence-corrected chi connectivity index (χ1v) is 9.23. The number of sulfone groups is 1. The molecule has 1 aliphatic heterocycles. The van der Waals surface area contributed by atoms with Gasteiger partial charge >= 0.3 is 0 Å². The van der Waals surface area contributed by atoms with Crippen molar-refractivity contribution in [1.82, 2.24) is 5.32 Å². The number of hydrogen-bond acceptors (Lipinski definition) is 3. The summed E-state index contributed by atoms with van der Waals surface area (Å²) in [4.78, 5) is 0. The van der Waals surface area contributed by atoms with Gasteiger partial charge in [-0.15, -0.1) is 0 Å². The van der Waals surface area contributed by atoms with Crippen molar-refractivity contribution in [1.29, 1.82) is 0 Å². The van der Waals surface area contributed by atoms with Crippen molar-refractivity contribution in [3.8, 4) is 0 Å². The van der Waals surface area contributed by atoms with Crippen LogP contribution in [0.25, 0.3) is 0 Å². The lowest BCUT2D eigenvalue weighted by molar-refractivity contribution is 0.484. The molecule has 1 aromatic rings. The molecular formula is C16H25NO2S. The smallest absolute Gasteiger partial charge is 0.152 e. The second-order valence-electron chi connectivity index (χ2n) is 6.36. The summed E-state index contributed by atoms with van der Waals surface area (Å²) in [5, 5.41) is 3.43. The average molecular weight is 295 g/mol. The predicted octanol–water partition coefficient (Wildman–Crippen LogP) is 2.72. The Labute approximate surface area is 122 Å². The molecule has 0 bridgehead atoms. The SMILES string of the molecule is CC(C)Cc1ccc(C2CS(=O)(=O)CCC(C)N2)cc1. The van der Waals surface area contributed by atoms with Crippen molar-refractivity contribution in [2.45, 2.75) is 45.7 Å². The molecule has 0 amide bonds. The Balaban J connectivity index is 2.16. The molecular weight excluding hydrogens is 270 g/mol. The summed E-state index contributed by atoms with van der Waals surface area (Å²) in [5.41, 5.74) is 2.39. The Morgan fingerprint density at radius 3 is 2.50 bits per heavy atom. The monoisotopic (exact) mass is 295 g/mol. The molecule has 2 atom stereocenters. The van der Waals surface area contributed by atoms with E-state index in [1.807, 2.05) is 0 Å². The standard InChI is InChI=1S/C16H25NO2S/c1-12(2)10-14-4-6-15(7-5-14)16-11-20(18,19)9-8-13(3)17-16/h4-7,12-13,16-17H,8-11H2,1-3H3. The normalized spacial score (nSPS) is 26.4. The Bertz CT molecular complexity index is 534. The third kappa shape index (κ3) is 4.32. The highest BCUT2D eigenvalue weighted by Gasteiger charge is 2.26. The fourth-order valence-electron chi connectivity index (χ4n) is 2.72. The van der Waals surface area contributed by atoms with E-state index in [1.165, 1.54) is 5.56 Å². The van der Waals surface area contributed by atoms with Crippen LogP contribution in [0.4, 0.5) is 0 Å². The van der Waals surface area contributed by atoms with Crippen LogP contribution in [-0.2, 0) is 16.3 Å². The maximum absolute atomic E-state index is 12.0. The van der Waals surface area contributed by atoms with Gasteiger partial charge in [0.15, 0.2) is 9.84 Å². The van der Waals surface area contributed by atoms with E-state index in [0.717, 1.165) is 12.0 Å². The Morgan fingerprint density at radius 2 is 1.90 bits per heavy atom. The minimum Gasteiger partial charge on any atom is -0.307 e. The molecule has 3 nitrogen and oxygen atoms in total. The van der Waals surface area contributed by atoms with Crippen LogP contribution in [0.1, 0.15) is 44.4 Å². The molecule has 20 heavy (non-hydrogen) atoms. The van der Waals surface area contributed by atoms with E-state index in [4.69, 9.17) is 0 Å². The highest BCUT2D eigenvalue weighted by Crippen LogP contribution is 2.21. The summed E-state index contributed by atoms with van der Waals surface area (Å²) in [6, 6.07) is 8.56. The molecule has 1 aliphatic rings. The molecule has 1 aromatic carbocycles. The lowest BCUT2D eigenvalue weighted by Crippen LogP contribution is -2.30. The Hall–Kier alpha value is -0.870. The van der Waals surface area contributed by atoms with Gasteiger partial charge < -0.3 is 5.32 Å². The molecule has 0 saturated carbocycles. The average Bonchev–Trinajstić information content (AvgIpc) is 2.48. The molecule has 1 N–H and O–H groups in total. The van der Waals surface area contributed by atoms with Gasteiger partial charge in [-0.3, -0.25) is 0 Å². The van der Waals surface area contributed by atoms with Crippen LogP contribution < -0.4 is 5.32 Å². The van der Waals surface area contributed by atoms with Crippen molar-refractivity contribution in [2.75, 3.05) is 11.5 Å². The maximum Gasteiger partial charge on any atom is 0.152 e. The van der Waals surface area contributed by atoms with Gasteiger partial charge in [-0.25, -0.2) is 8.42 Å². The van der Waals surface area contributed by atoms with Crippen LogP contribution in [0.5, 0.6) is 0 Å². The third-order valence-electron chi connectivity index (χ3n) is 3.79. The van der Waals surface area contributed by atoms with Crippen LogP contribution in [0.3, 0.4) is 0 Å². The summed E-state index contributed by atoms with van der Waals surface area (Å²) < 4.78 is 23.9. The van der Waals surface area contributed by atoms with E-state index < -0.39 is 9.84 Å². The quantitative estimate of drug-likeness (QED) is 0.932. The van der Waals surface area contributed by atoms with Crippen LogP contribution in [0.15, 0.2) is 24.3 Å². The Kier molecular flexibility index (Phi) is 4.86. The molecule has 112 valence electrons. The van der Waals surface area contributed by atoms with Gasteiger partial charge in [0.2, 0.25) is 0 Å². The molecule has 1 heterocycles. The number of rotatable bonds is 3. The first kappa shape index (κ1) is 15.5. The van der Waals surface area contributed by atoms with Gasteiger partial charge in [0, 0.05) is 12.1 Å². The molecule has 0 aliphatic carbocycles. The van der Waals surface area contributed by atoms with Gasteiger partial charge in [0.05, 0.1) is 11.5 Å². The number of hydrogen-bond donors (Lipinski definition) is 1. The second kappa shape index (κ2) is 6.27. The van der Waals surface area contributed by atoms with Crippen molar-refractivity contribution in [2.24, 2.45) is 5.92 Å². The van der Waals surface area contributed by atoms with E-state index in [1.54, 1.807) is 0 Å². The van der Waals surface area contributed by atoms with E-state index in [0.29, 0.717) is 18.1 Å². The molecule has 0 spiro atoms. The van der Waals surface area contributed by atoms with Crippen LogP contribution in [0.2, 0.25) is 0 Å². The fourth-order valence-corrected chi connectivity index (χ4v) is 4.39. The molecule has 1 saturated heterocycles. The van der Waals surface area contributed by atoms with E-state index >= 15 is 0 Å². The topological polar surface area (TPSA) is 46.2 Å².